The number of H-pyrrole nitrogens is 1. The van der Waals surface area contributed by atoms with Crippen LogP contribution in [0.5, 0.6) is 5.75 Å². The maximum Gasteiger partial charge on any atom is 0.253 e. The standard InChI is InChI=1S/C28H33N5O3/c1-20-18-36-24-11-3-2-7-21(24)8-4-5-12-28(27(35)31-20)13-15-33(16-14-28)26(34)23-10-6-9-22(17-23)25-29-19-30-32-25/h2-3,6-7,9-11,17,19-20H,4-5,8,12-16,18H2,1H3,(H,31,35)(H,29,30,32)/t20-/m0/s1. The minimum atomic E-state index is -0.453. The van der Waals surface area contributed by atoms with Crippen molar-refractivity contribution in [2.45, 2.75) is 51.5 Å². The summed E-state index contributed by atoms with van der Waals surface area (Å²) in [6.45, 7) is 3.55. The van der Waals surface area contributed by atoms with E-state index in [4.69, 9.17) is 4.74 Å². The number of aryl methyl sites for hydroxylation is 1. The van der Waals surface area contributed by atoms with Crippen molar-refractivity contribution in [2.75, 3.05) is 19.7 Å². The van der Waals surface area contributed by atoms with Gasteiger partial charge in [0.05, 0.1) is 11.5 Å². The number of fused-ring (bicyclic) bond motifs is 1. The first kappa shape index (κ1) is 24.0. The van der Waals surface area contributed by atoms with Crippen molar-refractivity contribution in [3.05, 3.63) is 66.0 Å². The zero-order valence-corrected chi connectivity index (χ0v) is 20.7. The largest absolute Gasteiger partial charge is 0.491 e. The van der Waals surface area contributed by atoms with E-state index < -0.39 is 5.41 Å². The summed E-state index contributed by atoms with van der Waals surface area (Å²) in [5.74, 6) is 1.62. The number of hydrogen-bond donors (Lipinski definition) is 2. The molecule has 1 saturated heterocycles. The number of amides is 2. The summed E-state index contributed by atoms with van der Waals surface area (Å²) in [4.78, 5) is 32.9. The van der Waals surface area contributed by atoms with Gasteiger partial charge in [0.25, 0.3) is 5.91 Å². The zero-order valence-electron chi connectivity index (χ0n) is 20.7. The third kappa shape index (κ3) is 5.12. The first-order valence-corrected chi connectivity index (χ1v) is 12.8. The Morgan fingerprint density at radius 1 is 1.08 bits per heavy atom. The first-order valence-electron chi connectivity index (χ1n) is 12.8. The highest BCUT2D eigenvalue weighted by atomic mass is 16.5. The van der Waals surface area contributed by atoms with Gasteiger partial charge in [-0.25, -0.2) is 4.98 Å². The van der Waals surface area contributed by atoms with Gasteiger partial charge in [0.2, 0.25) is 5.91 Å². The molecule has 0 radical (unpaired) electrons. The van der Waals surface area contributed by atoms with E-state index in [9.17, 15) is 9.59 Å². The average Bonchev–Trinajstić information content (AvgIpc) is 3.45. The maximum absolute atomic E-state index is 13.5. The molecule has 0 bridgehead atoms. The van der Waals surface area contributed by atoms with Crippen molar-refractivity contribution >= 4 is 11.8 Å². The highest BCUT2D eigenvalue weighted by molar-refractivity contribution is 5.95. The summed E-state index contributed by atoms with van der Waals surface area (Å²) in [5.41, 5.74) is 2.21. The molecule has 188 valence electrons. The van der Waals surface area contributed by atoms with Crippen LogP contribution in [-0.4, -0.2) is 57.6 Å². The van der Waals surface area contributed by atoms with Crippen molar-refractivity contribution < 1.29 is 14.3 Å². The summed E-state index contributed by atoms with van der Waals surface area (Å²) < 4.78 is 6.05. The fourth-order valence-corrected chi connectivity index (χ4v) is 5.32. The quantitative estimate of drug-likeness (QED) is 0.569. The Kier molecular flexibility index (Phi) is 7.02. The Balaban J connectivity index is 1.27. The monoisotopic (exact) mass is 487 g/mol. The molecule has 1 atom stereocenters. The number of aromatic nitrogens is 3. The van der Waals surface area contributed by atoms with Gasteiger partial charge in [-0.1, -0.05) is 36.8 Å². The summed E-state index contributed by atoms with van der Waals surface area (Å²) in [5, 5.41) is 9.94. The molecule has 0 aliphatic carbocycles. The van der Waals surface area contributed by atoms with Gasteiger partial charge >= 0.3 is 0 Å². The molecule has 2 amide bonds. The van der Waals surface area contributed by atoms with Gasteiger partial charge in [-0.15, -0.1) is 0 Å². The lowest BCUT2D eigenvalue weighted by atomic mass is 9.73. The number of likely N-dealkylation sites (tertiary alicyclic amines) is 1. The van der Waals surface area contributed by atoms with E-state index in [0.717, 1.165) is 37.0 Å². The van der Waals surface area contributed by atoms with Crippen molar-refractivity contribution in [1.82, 2.24) is 25.4 Å². The van der Waals surface area contributed by atoms with Gasteiger partial charge in [0.1, 0.15) is 18.7 Å². The van der Waals surface area contributed by atoms with Crippen LogP contribution >= 0.6 is 0 Å². The van der Waals surface area contributed by atoms with Gasteiger partial charge in [-0.05, 0) is 62.8 Å². The normalized spacial score (nSPS) is 20.4. The fourth-order valence-electron chi connectivity index (χ4n) is 5.32. The fraction of sp³-hybridized carbons (Fsp3) is 0.429. The van der Waals surface area contributed by atoms with Crippen molar-refractivity contribution in [2.24, 2.45) is 5.41 Å². The number of aromatic amines is 1. The average molecular weight is 488 g/mol. The number of rotatable bonds is 2. The summed E-state index contributed by atoms with van der Waals surface area (Å²) >= 11 is 0. The molecule has 1 aromatic heterocycles. The minimum Gasteiger partial charge on any atom is -0.491 e. The third-order valence-corrected chi connectivity index (χ3v) is 7.48. The molecule has 8 nitrogen and oxygen atoms in total. The van der Waals surface area contributed by atoms with E-state index in [1.807, 2.05) is 48.2 Å². The Labute approximate surface area is 211 Å². The molecule has 0 saturated carbocycles. The Morgan fingerprint density at radius 3 is 2.72 bits per heavy atom. The second-order valence-corrected chi connectivity index (χ2v) is 9.99. The summed E-state index contributed by atoms with van der Waals surface area (Å²) in [7, 11) is 0. The van der Waals surface area contributed by atoms with Gasteiger partial charge in [0, 0.05) is 24.2 Å². The number of para-hydroxylation sites is 1. The molecule has 3 aromatic rings. The molecule has 2 aromatic carbocycles. The number of carbonyl (C=O) groups excluding carboxylic acids is 2. The molecule has 2 aliphatic rings. The van der Waals surface area contributed by atoms with Crippen LogP contribution in [0.15, 0.2) is 54.9 Å². The van der Waals surface area contributed by atoms with Crippen LogP contribution in [0.25, 0.3) is 11.4 Å². The number of nitrogens with zero attached hydrogens (tertiary/aromatic N) is 3. The number of benzene rings is 2. The zero-order chi connectivity index (χ0) is 25.0. The van der Waals surface area contributed by atoms with E-state index in [-0.39, 0.29) is 17.9 Å². The van der Waals surface area contributed by atoms with Crippen LogP contribution in [0, 0.1) is 5.41 Å². The molecule has 1 fully saturated rings. The van der Waals surface area contributed by atoms with Crippen LogP contribution < -0.4 is 10.1 Å². The van der Waals surface area contributed by atoms with Gasteiger partial charge in [-0.3, -0.25) is 14.7 Å². The lowest BCUT2D eigenvalue weighted by molar-refractivity contribution is -0.135. The SMILES string of the molecule is C[C@H]1COc2ccccc2CCCCC2(CCN(C(=O)c3cccc(-c4ncn[nH]4)c3)CC2)C(=O)N1. The van der Waals surface area contributed by atoms with Crippen LogP contribution in [0.4, 0.5) is 0 Å². The molecular formula is C28H33N5O3. The lowest BCUT2D eigenvalue weighted by Gasteiger charge is -2.41. The molecule has 0 unspecified atom stereocenters. The maximum atomic E-state index is 13.5. The molecule has 1 spiro atoms. The van der Waals surface area contributed by atoms with Crippen molar-refractivity contribution in [1.29, 1.82) is 0 Å². The Bertz CT molecular complexity index is 1200. The molecule has 36 heavy (non-hydrogen) atoms. The van der Waals surface area contributed by atoms with Gasteiger partial charge in [-0.2, -0.15) is 5.10 Å². The number of hydrogen-bond acceptors (Lipinski definition) is 5. The van der Waals surface area contributed by atoms with E-state index in [1.54, 1.807) is 0 Å². The van der Waals surface area contributed by atoms with Crippen LogP contribution in [0.1, 0.15) is 54.9 Å². The van der Waals surface area contributed by atoms with Crippen molar-refractivity contribution in [3.63, 3.8) is 0 Å². The van der Waals surface area contributed by atoms with E-state index in [0.29, 0.717) is 43.9 Å². The first-order chi connectivity index (χ1) is 17.5. The lowest BCUT2D eigenvalue weighted by Crippen LogP contribution is -2.52. The summed E-state index contributed by atoms with van der Waals surface area (Å²) in [6.07, 6.45) is 6.51. The smallest absolute Gasteiger partial charge is 0.253 e. The predicted molar refractivity (Wildman–Crippen MR) is 136 cm³/mol. The van der Waals surface area contributed by atoms with Crippen LogP contribution in [-0.2, 0) is 11.2 Å². The van der Waals surface area contributed by atoms with Gasteiger partial charge in [0.15, 0.2) is 5.82 Å². The highest BCUT2D eigenvalue weighted by Gasteiger charge is 2.42. The number of nitrogens with one attached hydrogen (secondary N) is 2. The number of piperidine rings is 1. The summed E-state index contributed by atoms with van der Waals surface area (Å²) in [6, 6.07) is 15.5. The molecule has 3 heterocycles. The van der Waals surface area contributed by atoms with Gasteiger partial charge < -0.3 is 15.0 Å². The highest BCUT2D eigenvalue weighted by Crippen LogP contribution is 2.38. The molecule has 5 rings (SSSR count). The Morgan fingerprint density at radius 2 is 1.92 bits per heavy atom. The predicted octanol–water partition coefficient (Wildman–Crippen LogP) is 4.00. The molecule has 2 N–H and O–H groups in total. The topological polar surface area (TPSA) is 100 Å². The molecule has 8 heteroatoms. The number of ether oxygens (including phenoxy) is 1. The minimum absolute atomic E-state index is 0.0156. The second-order valence-electron chi connectivity index (χ2n) is 9.99. The van der Waals surface area contributed by atoms with Crippen LogP contribution in [0.2, 0.25) is 0 Å². The van der Waals surface area contributed by atoms with Crippen molar-refractivity contribution in [3.8, 4) is 17.1 Å². The number of carbonyl (C=O) groups is 2. The molecular weight excluding hydrogens is 454 g/mol. The van der Waals surface area contributed by atoms with E-state index in [1.165, 1.54) is 11.9 Å². The van der Waals surface area contributed by atoms with E-state index >= 15 is 0 Å². The third-order valence-electron chi connectivity index (χ3n) is 7.48. The Hall–Kier alpha value is -3.68. The molecule has 2 aliphatic heterocycles. The van der Waals surface area contributed by atoms with Crippen LogP contribution in [0.3, 0.4) is 0 Å². The second kappa shape index (κ2) is 10.5. The van der Waals surface area contributed by atoms with E-state index in [2.05, 4.69) is 32.6 Å².